The molecule has 0 aliphatic carbocycles. The van der Waals surface area contributed by atoms with E-state index in [2.05, 4.69) is 20.0 Å². The van der Waals surface area contributed by atoms with Crippen molar-refractivity contribution >= 4 is 38.9 Å². The third-order valence-electron chi connectivity index (χ3n) is 8.10. The van der Waals surface area contributed by atoms with Crippen molar-refractivity contribution in [1.29, 1.82) is 0 Å². The topological polar surface area (TPSA) is 201 Å². The first-order valence-electron chi connectivity index (χ1n) is 15.1. The van der Waals surface area contributed by atoms with Gasteiger partial charge in [0.1, 0.15) is 34.4 Å². The molecular weight excluding hydrogens is 688 g/mol. The summed E-state index contributed by atoms with van der Waals surface area (Å²) >= 11 is 0.751. The van der Waals surface area contributed by atoms with E-state index in [1.807, 2.05) is 13.8 Å². The lowest BCUT2D eigenvalue weighted by molar-refractivity contribution is 0.0497. The third kappa shape index (κ3) is 10.6. The van der Waals surface area contributed by atoms with E-state index in [-0.39, 0.29) is 43.0 Å². The van der Waals surface area contributed by atoms with E-state index in [1.165, 1.54) is 14.2 Å². The molecule has 0 saturated carbocycles. The van der Waals surface area contributed by atoms with Gasteiger partial charge in [0.15, 0.2) is 0 Å². The Kier molecular flexibility index (Phi) is 13.5. The number of benzene rings is 2. The SMILES string of the molecule is COc1ccc(CN(c2ncns2)S(=O)(=O)c2cc(CCC(O)C(CC(C)(C)CCNC(=O)O)C(C)NC(=O)O)c(F)cc2F)c(OC)c1. The number of nitrogens with zero attached hydrogens (tertiary/aromatic N) is 3. The van der Waals surface area contributed by atoms with Crippen LogP contribution in [0.3, 0.4) is 0 Å². The standard InChI is InChI=1S/C31H41F2N5O9S2/c1-18(37-30(42)43)22(15-31(2,3)10-11-34-29(40)41)25(39)9-7-19-12-27(24(33)14-23(19)32)49(44,45)38(28-35-17-36-48-28)16-20-6-8-21(46-4)13-26(20)47-5/h6,8,12-14,17-18,22,25,34,37,39H,7,9-11,15-16H2,1-5H3,(H,40,41)(H,42,43). The van der Waals surface area contributed by atoms with Gasteiger partial charge in [-0.25, -0.2) is 36.1 Å². The minimum absolute atomic E-state index is 0.0810. The van der Waals surface area contributed by atoms with Gasteiger partial charge in [-0.05, 0) is 61.8 Å². The summed E-state index contributed by atoms with van der Waals surface area (Å²) in [6.45, 7) is 5.03. The molecule has 3 atom stereocenters. The second kappa shape index (κ2) is 16.9. The van der Waals surface area contributed by atoms with Crippen molar-refractivity contribution in [3.8, 4) is 11.5 Å². The number of amides is 2. The number of anilines is 1. The summed E-state index contributed by atoms with van der Waals surface area (Å²) in [5.74, 6) is -2.32. The Balaban J connectivity index is 1.92. The van der Waals surface area contributed by atoms with Gasteiger partial charge in [-0.15, -0.1) is 0 Å². The summed E-state index contributed by atoms with van der Waals surface area (Å²) in [4.78, 5) is 25.5. The Labute approximate surface area is 287 Å². The second-order valence-electron chi connectivity index (χ2n) is 12.1. The molecule has 0 bridgehead atoms. The maximum Gasteiger partial charge on any atom is 0.404 e. The number of nitrogens with one attached hydrogen (secondary N) is 2. The van der Waals surface area contributed by atoms with Gasteiger partial charge in [0, 0.05) is 47.7 Å². The molecule has 0 aliphatic rings. The number of carboxylic acid groups (broad SMARTS) is 2. The third-order valence-corrected chi connectivity index (χ3v) is 10.7. The number of hydrogen-bond acceptors (Lipinski definition) is 10. The smallest absolute Gasteiger partial charge is 0.404 e. The lowest BCUT2D eigenvalue weighted by Crippen LogP contribution is -2.44. The minimum atomic E-state index is -4.73. The zero-order valence-electron chi connectivity index (χ0n) is 27.6. The number of sulfonamides is 1. The predicted molar refractivity (Wildman–Crippen MR) is 177 cm³/mol. The molecule has 1 aromatic heterocycles. The van der Waals surface area contributed by atoms with Crippen LogP contribution in [0.15, 0.2) is 41.6 Å². The Morgan fingerprint density at radius 1 is 1.06 bits per heavy atom. The predicted octanol–water partition coefficient (Wildman–Crippen LogP) is 4.87. The Hall–Kier alpha value is -4.29. The van der Waals surface area contributed by atoms with Crippen molar-refractivity contribution in [3.05, 3.63) is 59.4 Å². The van der Waals surface area contributed by atoms with Crippen molar-refractivity contribution in [2.45, 2.75) is 70.0 Å². The number of aliphatic hydroxyl groups is 1. The molecule has 0 fully saturated rings. The molecule has 18 heteroatoms. The van der Waals surface area contributed by atoms with Crippen LogP contribution in [0.4, 0.5) is 23.5 Å². The molecule has 2 aromatic carbocycles. The summed E-state index contributed by atoms with van der Waals surface area (Å²) in [6.07, 6.45) is -2.30. The maximum atomic E-state index is 15.3. The van der Waals surface area contributed by atoms with Gasteiger partial charge in [0.05, 0.1) is 26.9 Å². The van der Waals surface area contributed by atoms with Crippen LogP contribution in [0.5, 0.6) is 11.5 Å². The fourth-order valence-electron chi connectivity index (χ4n) is 5.46. The first-order valence-corrected chi connectivity index (χ1v) is 17.3. The highest BCUT2D eigenvalue weighted by atomic mass is 32.2. The van der Waals surface area contributed by atoms with E-state index < -0.39 is 62.2 Å². The number of aryl methyl sites for hydroxylation is 1. The molecule has 1 heterocycles. The summed E-state index contributed by atoms with van der Waals surface area (Å²) in [5.41, 5.74) is -0.350. The molecule has 3 unspecified atom stereocenters. The molecule has 3 rings (SSSR count). The van der Waals surface area contributed by atoms with Crippen LogP contribution in [-0.2, 0) is 23.0 Å². The van der Waals surface area contributed by atoms with Crippen LogP contribution >= 0.6 is 11.5 Å². The van der Waals surface area contributed by atoms with Crippen molar-refractivity contribution in [2.75, 3.05) is 25.1 Å². The Morgan fingerprint density at radius 2 is 1.78 bits per heavy atom. The molecule has 14 nitrogen and oxygen atoms in total. The molecule has 0 saturated heterocycles. The number of aromatic nitrogens is 2. The number of ether oxygens (including phenoxy) is 2. The zero-order chi connectivity index (χ0) is 36.5. The normalized spacial score (nSPS) is 13.6. The molecule has 5 N–H and O–H groups in total. The fourth-order valence-corrected chi connectivity index (χ4v) is 7.69. The molecule has 0 radical (unpaired) electrons. The van der Waals surface area contributed by atoms with Gasteiger partial charge < -0.3 is 35.4 Å². The van der Waals surface area contributed by atoms with E-state index in [0.717, 1.165) is 28.2 Å². The number of rotatable bonds is 18. The van der Waals surface area contributed by atoms with Crippen LogP contribution < -0.4 is 24.4 Å². The summed E-state index contributed by atoms with van der Waals surface area (Å²) in [7, 11) is -1.88. The maximum absolute atomic E-state index is 15.3. The number of aliphatic hydroxyl groups excluding tert-OH is 1. The van der Waals surface area contributed by atoms with E-state index in [1.54, 1.807) is 25.1 Å². The quantitative estimate of drug-likeness (QED) is 0.120. The Bertz CT molecular complexity index is 1690. The average molecular weight is 730 g/mol. The molecular formula is C31H41F2N5O9S2. The van der Waals surface area contributed by atoms with Crippen molar-refractivity contribution in [1.82, 2.24) is 20.0 Å². The molecule has 49 heavy (non-hydrogen) atoms. The van der Waals surface area contributed by atoms with Crippen molar-refractivity contribution in [3.63, 3.8) is 0 Å². The molecule has 3 aromatic rings. The van der Waals surface area contributed by atoms with Gasteiger partial charge >= 0.3 is 12.2 Å². The summed E-state index contributed by atoms with van der Waals surface area (Å²) in [6, 6.07) is 5.31. The molecule has 2 amide bonds. The van der Waals surface area contributed by atoms with Crippen LogP contribution in [0, 0.1) is 23.0 Å². The van der Waals surface area contributed by atoms with E-state index in [4.69, 9.17) is 14.6 Å². The monoisotopic (exact) mass is 729 g/mol. The largest absolute Gasteiger partial charge is 0.497 e. The average Bonchev–Trinajstić information content (AvgIpc) is 3.55. The second-order valence-corrected chi connectivity index (χ2v) is 14.7. The minimum Gasteiger partial charge on any atom is -0.497 e. The van der Waals surface area contributed by atoms with E-state index >= 15 is 8.78 Å². The highest BCUT2D eigenvalue weighted by molar-refractivity contribution is 7.93. The van der Waals surface area contributed by atoms with Gasteiger partial charge in [-0.2, -0.15) is 4.37 Å². The Morgan fingerprint density at radius 3 is 2.37 bits per heavy atom. The number of halogens is 2. The fraction of sp³-hybridized carbons (Fsp3) is 0.484. The first-order chi connectivity index (χ1) is 23.0. The zero-order valence-corrected chi connectivity index (χ0v) is 29.3. The van der Waals surface area contributed by atoms with Crippen molar-refractivity contribution in [2.24, 2.45) is 11.3 Å². The highest BCUT2D eigenvalue weighted by Crippen LogP contribution is 2.35. The van der Waals surface area contributed by atoms with Crippen LogP contribution in [0.2, 0.25) is 0 Å². The first kappa shape index (κ1) is 39.2. The molecule has 0 aliphatic heterocycles. The molecule has 0 spiro atoms. The van der Waals surface area contributed by atoms with Gasteiger partial charge in [-0.1, -0.05) is 13.8 Å². The van der Waals surface area contributed by atoms with Gasteiger partial charge in [-0.3, -0.25) is 0 Å². The lowest BCUT2D eigenvalue weighted by atomic mass is 9.75. The molecule has 270 valence electrons. The number of hydrogen-bond donors (Lipinski definition) is 5. The van der Waals surface area contributed by atoms with Crippen molar-refractivity contribution < 1.29 is 51.6 Å². The number of carbonyl (C=O) groups is 2. The summed E-state index contributed by atoms with van der Waals surface area (Å²) in [5, 5.41) is 34.0. The van der Waals surface area contributed by atoms with Gasteiger partial charge in [0.2, 0.25) is 5.13 Å². The lowest BCUT2D eigenvalue weighted by Gasteiger charge is -2.36. The van der Waals surface area contributed by atoms with E-state index in [0.29, 0.717) is 29.5 Å². The number of methoxy groups -OCH3 is 2. The highest BCUT2D eigenvalue weighted by Gasteiger charge is 2.34. The van der Waals surface area contributed by atoms with Crippen LogP contribution in [-0.4, -0.2) is 78.2 Å². The van der Waals surface area contributed by atoms with Gasteiger partial charge in [0.25, 0.3) is 10.0 Å². The van der Waals surface area contributed by atoms with Crippen LogP contribution in [0.25, 0.3) is 0 Å². The van der Waals surface area contributed by atoms with E-state index in [9.17, 15) is 28.2 Å². The summed E-state index contributed by atoms with van der Waals surface area (Å²) < 4.78 is 73.9. The van der Waals surface area contributed by atoms with Crippen LogP contribution in [0.1, 0.15) is 51.2 Å².